The molecule has 0 bridgehead atoms. The number of hydrogen-bond donors (Lipinski definition) is 0. The van der Waals surface area contributed by atoms with E-state index in [2.05, 4.69) is 81.5 Å². The summed E-state index contributed by atoms with van der Waals surface area (Å²) in [6.07, 6.45) is 75.0. The van der Waals surface area contributed by atoms with E-state index < -0.39 is 6.10 Å². The van der Waals surface area contributed by atoms with Crippen LogP contribution in [0, 0.1) is 0 Å². The summed E-state index contributed by atoms with van der Waals surface area (Å²) in [5.41, 5.74) is 0. The molecule has 0 aromatic rings. The van der Waals surface area contributed by atoms with Gasteiger partial charge in [0.05, 0.1) is 0 Å². The van der Waals surface area contributed by atoms with E-state index in [1.165, 1.54) is 186 Å². The second kappa shape index (κ2) is 59.7. The topological polar surface area (TPSA) is 78.9 Å². The van der Waals surface area contributed by atoms with Crippen molar-refractivity contribution in [3.8, 4) is 0 Å². The number of unbranched alkanes of at least 4 members (excludes halogenated alkanes) is 35. The van der Waals surface area contributed by atoms with E-state index in [0.29, 0.717) is 19.3 Å². The van der Waals surface area contributed by atoms with Gasteiger partial charge in [0, 0.05) is 19.3 Å². The molecule has 0 unspecified atom stereocenters. The Bertz CT molecular complexity index is 1280. The minimum absolute atomic E-state index is 0.0861. The molecule has 0 aromatic heterocycles. The second-order valence-corrected chi connectivity index (χ2v) is 20.6. The van der Waals surface area contributed by atoms with Gasteiger partial charge in [-0.05, 0) is 89.9 Å². The Labute approximate surface area is 440 Å². The van der Waals surface area contributed by atoms with Gasteiger partial charge in [-0.1, -0.05) is 268 Å². The lowest BCUT2D eigenvalue weighted by molar-refractivity contribution is -0.167. The van der Waals surface area contributed by atoms with Gasteiger partial charge < -0.3 is 14.2 Å². The van der Waals surface area contributed by atoms with E-state index in [-0.39, 0.29) is 31.1 Å². The number of ether oxygens (including phenoxy) is 3. The van der Waals surface area contributed by atoms with E-state index in [0.717, 1.165) is 89.9 Å². The van der Waals surface area contributed by atoms with E-state index >= 15 is 0 Å². The molecule has 0 rings (SSSR count). The number of rotatable bonds is 56. The molecule has 71 heavy (non-hydrogen) atoms. The summed E-state index contributed by atoms with van der Waals surface area (Å²) in [5, 5.41) is 0. The molecule has 412 valence electrons. The lowest BCUT2D eigenvalue weighted by atomic mass is 10.0. The molecule has 0 aromatic carbocycles. The number of carbonyl (C=O) groups excluding carboxylic acids is 3. The zero-order valence-corrected chi connectivity index (χ0v) is 47.2. The SMILES string of the molecule is CCCCC/C=C\C/C=C\C/C=C\C/C=C\CCCCCC(=O)OC[C@@H](COC(=O)CCCCCCC/C=C\CCCCCCCCC)OC(=O)CCCCCCCCCCCCCCCCCCCC. The Kier molecular flexibility index (Phi) is 57.2. The third-order valence-electron chi connectivity index (χ3n) is 13.5. The van der Waals surface area contributed by atoms with Gasteiger partial charge in [0.25, 0.3) is 0 Å². The van der Waals surface area contributed by atoms with Gasteiger partial charge >= 0.3 is 17.9 Å². The first-order chi connectivity index (χ1) is 35.0. The Hall–Kier alpha value is -2.89. The molecule has 0 aliphatic carbocycles. The smallest absolute Gasteiger partial charge is 0.306 e. The van der Waals surface area contributed by atoms with Crippen molar-refractivity contribution in [2.75, 3.05) is 13.2 Å². The maximum atomic E-state index is 12.9. The first-order valence-corrected chi connectivity index (χ1v) is 30.8. The molecule has 0 spiro atoms. The zero-order valence-electron chi connectivity index (χ0n) is 47.2. The van der Waals surface area contributed by atoms with Crippen molar-refractivity contribution < 1.29 is 28.6 Å². The summed E-state index contributed by atoms with van der Waals surface area (Å²) < 4.78 is 16.9. The second-order valence-electron chi connectivity index (χ2n) is 20.6. The summed E-state index contributed by atoms with van der Waals surface area (Å²) in [4.78, 5) is 38.2. The van der Waals surface area contributed by atoms with Gasteiger partial charge in [-0.2, -0.15) is 0 Å². The Balaban J connectivity index is 4.42. The fourth-order valence-electron chi connectivity index (χ4n) is 8.83. The highest BCUT2D eigenvalue weighted by Gasteiger charge is 2.19. The first-order valence-electron chi connectivity index (χ1n) is 30.8. The van der Waals surface area contributed by atoms with Crippen molar-refractivity contribution in [2.24, 2.45) is 0 Å². The quantitative estimate of drug-likeness (QED) is 0.0261. The van der Waals surface area contributed by atoms with Crippen molar-refractivity contribution in [3.63, 3.8) is 0 Å². The number of carbonyl (C=O) groups is 3. The molecule has 0 saturated carbocycles. The van der Waals surface area contributed by atoms with Crippen LogP contribution in [0.15, 0.2) is 60.8 Å². The molecule has 0 aliphatic rings. The van der Waals surface area contributed by atoms with Crippen LogP contribution < -0.4 is 0 Å². The fraction of sp³-hybridized carbons (Fsp3) is 0.800. The average molecular weight is 994 g/mol. The van der Waals surface area contributed by atoms with Crippen LogP contribution in [0.4, 0.5) is 0 Å². The fourth-order valence-corrected chi connectivity index (χ4v) is 8.83. The first kappa shape index (κ1) is 68.1. The normalized spacial score (nSPS) is 12.4. The lowest BCUT2D eigenvalue weighted by Crippen LogP contribution is -2.30. The van der Waals surface area contributed by atoms with Crippen LogP contribution in [0.1, 0.15) is 316 Å². The number of esters is 3. The van der Waals surface area contributed by atoms with Crippen molar-refractivity contribution in [3.05, 3.63) is 60.8 Å². The van der Waals surface area contributed by atoms with Crippen LogP contribution in [0.3, 0.4) is 0 Å². The maximum absolute atomic E-state index is 12.9. The molecule has 0 aliphatic heterocycles. The average Bonchev–Trinajstić information content (AvgIpc) is 3.37. The summed E-state index contributed by atoms with van der Waals surface area (Å²) in [6, 6.07) is 0. The van der Waals surface area contributed by atoms with Crippen molar-refractivity contribution in [2.45, 2.75) is 322 Å². The van der Waals surface area contributed by atoms with Gasteiger partial charge in [-0.15, -0.1) is 0 Å². The van der Waals surface area contributed by atoms with Gasteiger partial charge in [0.15, 0.2) is 6.10 Å². The van der Waals surface area contributed by atoms with Crippen LogP contribution in [0.5, 0.6) is 0 Å². The third-order valence-corrected chi connectivity index (χ3v) is 13.5. The Morgan fingerprint density at radius 3 is 0.845 bits per heavy atom. The third kappa shape index (κ3) is 57.9. The van der Waals surface area contributed by atoms with Gasteiger partial charge in [-0.3, -0.25) is 14.4 Å². The van der Waals surface area contributed by atoms with Crippen LogP contribution in [-0.2, 0) is 28.6 Å². The predicted octanol–water partition coefficient (Wildman–Crippen LogP) is 20.8. The molecule has 0 saturated heterocycles. The van der Waals surface area contributed by atoms with Crippen molar-refractivity contribution in [1.29, 1.82) is 0 Å². The van der Waals surface area contributed by atoms with E-state index in [1.807, 2.05) is 0 Å². The highest BCUT2D eigenvalue weighted by Crippen LogP contribution is 2.16. The summed E-state index contributed by atoms with van der Waals surface area (Å²) >= 11 is 0. The summed E-state index contributed by atoms with van der Waals surface area (Å²) in [7, 11) is 0. The Morgan fingerprint density at radius 1 is 0.282 bits per heavy atom. The monoisotopic (exact) mass is 993 g/mol. The van der Waals surface area contributed by atoms with Crippen LogP contribution in [-0.4, -0.2) is 37.2 Å². The van der Waals surface area contributed by atoms with Crippen molar-refractivity contribution >= 4 is 17.9 Å². The molecule has 0 amide bonds. The van der Waals surface area contributed by atoms with Gasteiger partial charge in [-0.25, -0.2) is 0 Å². The zero-order chi connectivity index (χ0) is 51.4. The summed E-state index contributed by atoms with van der Waals surface area (Å²) in [5.74, 6) is -0.909. The Morgan fingerprint density at radius 2 is 0.507 bits per heavy atom. The standard InChI is InChI=1S/C65H116O6/c1-4-7-10-13-16-19-22-25-28-31-33-35-37-40-43-46-49-52-55-58-64(67)70-61-62(60-69-63(66)57-54-51-48-45-42-39-36-30-27-24-21-18-15-12-9-6-3)71-65(68)59-56-53-50-47-44-41-38-34-32-29-26-23-20-17-14-11-8-5-2/h16,19,25,28,30,33,35-36,40,43,62H,4-15,17-18,20-24,26-27,29,31-32,34,37-39,41-42,44-61H2,1-3H3/b19-16-,28-25-,35-33-,36-30-,43-40-/t62-/m1/s1. The maximum Gasteiger partial charge on any atom is 0.306 e. The molecule has 1 atom stereocenters. The van der Waals surface area contributed by atoms with Gasteiger partial charge in [0.1, 0.15) is 13.2 Å². The number of hydrogen-bond acceptors (Lipinski definition) is 6. The molecular formula is C65H116O6. The molecular weight excluding hydrogens is 877 g/mol. The van der Waals surface area contributed by atoms with E-state index in [9.17, 15) is 14.4 Å². The molecule has 6 nitrogen and oxygen atoms in total. The highest BCUT2D eigenvalue weighted by atomic mass is 16.6. The van der Waals surface area contributed by atoms with Crippen LogP contribution >= 0.6 is 0 Å². The minimum Gasteiger partial charge on any atom is -0.462 e. The van der Waals surface area contributed by atoms with E-state index in [4.69, 9.17) is 14.2 Å². The highest BCUT2D eigenvalue weighted by molar-refractivity contribution is 5.71. The molecule has 0 radical (unpaired) electrons. The van der Waals surface area contributed by atoms with Crippen LogP contribution in [0.25, 0.3) is 0 Å². The molecule has 0 N–H and O–H groups in total. The van der Waals surface area contributed by atoms with Crippen molar-refractivity contribution in [1.82, 2.24) is 0 Å². The minimum atomic E-state index is -0.790. The molecule has 0 fully saturated rings. The van der Waals surface area contributed by atoms with Gasteiger partial charge in [0.2, 0.25) is 0 Å². The predicted molar refractivity (Wildman–Crippen MR) is 307 cm³/mol. The molecule has 0 heterocycles. The lowest BCUT2D eigenvalue weighted by Gasteiger charge is -2.18. The van der Waals surface area contributed by atoms with Crippen LogP contribution in [0.2, 0.25) is 0 Å². The summed E-state index contributed by atoms with van der Waals surface area (Å²) in [6.45, 7) is 6.62. The number of allylic oxidation sites excluding steroid dienone is 10. The van der Waals surface area contributed by atoms with E-state index in [1.54, 1.807) is 0 Å². The molecule has 6 heteroatoms. The largest absolute Gasteiger partial charge is 0.462 e.